The maximum Gasteiger partial charge on any atom is 0.321 e. The Morgan fingerprint density at radius 3 is 2.68 bits per heavy atom. The molecule has 2 aromatic heterocycles. The number of amides is 3. The van der Waals surface area contributed by atoms with E-state index >= 15 is 0 Å². The van der Waals surface area contributed by atoms with Gasteiger partial charge in [-0.2, -0.15) is 0 Å². The number of imide groups is 1. The number of hydrogen-bond donors (Lipinski definition) is 2. The number of rotatable bonds is 6. The number of thioether (sulfide) groups is 1. The molecule has 2 aromatic rings. The Bertz CT molecular complexity index is 826. The molecule has 0 spiro atoms. The first-order valence-electron chi connectivity index (χ1n) is 9.88. The third-order valence-corrected chi connectivity index (χ3v) is 7.07. The van der Waals surface area contributed by atoms with Crippen LogP contribution in [-0.4, -0.2) is 38.0 Å². The Morgan fingerprint density at radius 2 is 2.00 bits per heavy atom. The molecule has 0 radical (unpaired) electrons. The van der Waals surface area contributed by atoms with Crippen LogP contribution in [0.1, 0.15) is 57.9 Å². The van der Waals surface area contributed by atoms with Crippen LogP contribution in [0.3, 0.4) is 0 Å². The molecular formula is C19H25N5O2S2. The molecule has 0 aromatic carbocycles. The number of carbonyl (C=O) groups excluding carboxylic acids is 2. The smallest absolute Gasteiger partial charge is 0.321 e. The van der Waals surface area contributed by atoms with E-state index in [-0.39, 0.29) is 11.9 Å². The molecule has 2 fully saturated rings. The largest absolute Gasteiger partial charge is 0.335 e. The Balaban J connectivity index is 1.37. The molecule has 2 saturated carbocycles. The standard InChI is InChI=1S/C19H25N5O2S2/c1-12(17(25)21-18(26)20-13-6-3-2-4-7-13)28-19-23-22-16(15-8-5-11-27-15)24(19)14-9-10-14/h5,8,11-14H,2-4,6-7,9-10H2,1H3,(H2,20,21,25,26). The van der Waals surface area contributed by atoms with Crippen LogP contribution in [0.2, 0.25) is 0 Å². The van der Waals surface area contributed by atoms with Crippen molar-refractivity contribution in [3.8, 4) is 10.7 Å². The van der Waals surface area contributed by atoms with Gasteiger partial charge in [-0.25, -0.2) is 4.79 Å². The maximum atomic E-state index is 12.5. The third kappa shape index (κ3) is 4.57. The minimum atomic E-state index is -0.435. The first-order chi connectivity index (χ1) is 13.6. The molecule has 3 amide bonds. The SMILES string of the molecule is CC(Sc1nnc(-c2cccs2)n1C1CC1)C(=O)NC(=O)NC1CCCCC1. The van der Waals surface area contributed by atoms with Crippen LogP contribution in [0, 0.1) is 0 Å². The summed E-state index contributed by atoms with van der Waals surface area (Å²) in [6.45, 7) is 1.80. The maximum absolute atomic E-state index is 12.5. The number of nitrogens with zero attached hydrogens (tertiary/aromatic N) is 3. The lowest BCUT2D eigenvalue weighted by Gasteiger charge is -2.23. The normalized spacial score (nSPS) is 18.6. The van der Waals surface area contributed by atoms with E-state index in [1.165, 1.54) is 18.2 Å². The first kappa shape index (κ1) is 19.4. The van der Waals surface area contributed by atoms with Gasteiger partial charge in [-0.05, 0) is 44.1 Å². The fourth-order valence-electron chi connectivity index (χ4n) is 3.49. The average molecular weight is 420 g/mol. The number of urea groups is 1. The molecule has 2 N–H and O–H groups in total. The van der Waals surface area contributed by atoms with Crippen molar-refractivity contribution in [1.29, 1.82) is 0 Å². The summed E-state index contributed by atoms with van der Waals surface area (Å²) < 4.78 is 2.14. The molecule has 0 bridgehead atoms. The number of thiophene rings is 1. The highest BCUT2D eigenvalue weighted by Crippen LogP contribution is 2.42. The Kier molecular flexibility index (Phi) is 6.01. The fraction of sp³-hybridized carbons (Fsp3) is 0.579. The second kappa shape index (κ2) is 8.65. The van der Waals surface area contributed by atoms with E-state index in [9.17, 15) is 9.59 Å². The van der Waals surface area contributed by atoms with E-state index in [2.05, 4.69) is 25.4 Å². The molecule has 150 valence electrons. The summed E-state index contributed by atoms with van der Waals surface area (Å²) >= 11 is 2.99. The molecule has 1 atom stereocenters. The van der Waals surface area contributed by atoms with Gasteiger partial charge in [0, 0.05) is 12.1 Å². The number of nitrogens with one attached hydrogen (secondary N) is 2. The quantitative estimate of drug-likeness (QED) is 0.692. The molecule has 2 aliphatic carbocycles. The van der Waals surface area contributed by atoms with Crippen LogP contribution in [0.25, 0.3) is 10.7 Å². The van der Waals surface area contributed by atoms with Crippen molar-refractivity contribution in [2.24, 2.45) is 0 Å². The zero-order chi connectivity index (χ0) is 19.5. The van der Waals surface area contributed by atoms with Crippen molar-refractivity contribution in [2.75, 3.05) is 0 Å². The zero-order valence-electron chi connectivity index (χ0n) is 15.9. The molecule has 7 nitrogen and oxygen atoms in total. The molecule has 0 saturated heterocycles. The van der Waals surface area contributed by atoms with E-state index in [0.717, 1.165) is 54.4 Å². The summed E-state index contributed by atoms with van der Waals surface area (Å²) in [5.41, 5.74) is 0. The van der Waals surface area contributed by atoms with Gasteiger partial charge in [-0.3, -0.25) is 14.7 Å². The molecular weight excluding hydrogens is 394 g/mol. The topological polar surface area (TPSA) is 88.9 Å². The van der Waals surface area contributed by atoms with E-state index in [1.54, 1.807) is 18.3 Å². The molecule has 4 rings (SSSR count). The Hall–Kier alpha value is -1.87. The predicted molar refractivity (Wildman–Crippen MR) is 110 cm³/mol. The summed E-state index contributed by atoms with van der Waals surface area (Å²) in [7, 11) is 0. The van der Waals surface area contributed by atoms with Gasteiger partial charge in [0.1, 0.15) is 0 Å². The van der Waals surface area contributed by atoms with Gasteiger partial charge in [0.05, 0.1) is 10.1 Å². The van der Waals surface area contributed by atoms with Gasteiger partial charge in [0.15, 0.2) is 11.0 Å². The molecule has 9 heteroatoms. The van der Waals surface area contributed by atoms with E-state index in [4.69, 9.17) is 0 Å². The zero-order valence-corrected chi connectivity index (χ0v) is 17.5. The van der Waals surface area contributed by atoms with Gasteiger partial charge in [0.25, 0.3) is 0 Å². The molecule has 2 heterocycles. The van der Waals surface area contributed by atoms with Crippen LogP contribution in [0.4, 0.5) is 4.79 Å². The second-order valence-corrected chi connectivity index (χ2v) is 9.70. The minimum absolute atomic E-state index is 0.177. The monoisotopic (exact) mass is 419 g/mol. The van der Waals surface area contributed by atoms with Crippen molar-refractivity contribution >= 4 is 35.0 Å². The third-order valence-electron chi connectivity index (χ3n) is 5.15. The van der Waals surface area contributed by atoms with Crippen molar-refractivity contribution in [3.05, 3.63) is 17.5 Å². The number of carbonyl (C=O) groups is 2. The lowest BCUT2D eigenvalue weighted by molar-refractivity contribution is -0.119. The summed E-state index contributed by atoms with van der Waals surface area (Å²) in [5, 5.41) is 16.4. The highest BCUT2D eigenvalue weighted by atomic mass is 32.2. The van der Waals surface area contributed by atoms with Gasteiger partial charge < -0.3 is 5.32 Å². The highest BCUT2D eigenvalue weighted by Gasteiger charge is 2.32. The van der Waals surface area contributed by atoms with Crippen LogP contribution in [-0.2, 0) is 4.79 Å². The van der Waals surface area contributed by atoms with E-state index in [0.29, 0.717) is 6.04 Å². The van der Waals surface area contributed by atoms with Crippen LogP contribution < -0.4 is 10.6 Å². The lowest BCUT2D eigenvalue weighted by atomic mass is 9.96. The molecule has 1 unspecified atom stereocenters. The first-order valence-corrected chi connectivity index (χ1v) is 11.6. The lowest BCUT2D eigenvalue weighted by Crippen LogP contribution is -2.47. The van der Waals surface area contributed by atoms with Gasteiger partial charge >= 0.3 is 6.03 Å². The predicted octanol–water partition coefficient (Wildman–Crippen LogP) is 3.98. The van der Waals surface area contributed by atoms with E-state index < -0.39 is 11.3 Å². The van der Waals surface area contributed by atoms with Crippen molar-refractivity contribution < 1.29 is 9.59 Å². The fourth-order valence-corrected chi connectivity index (χ4v) is 5.11. The van der Waals surface area contributed by atoms with E-state index in [1.807, 2.05) is 17.5 Å². The van der Waals surface area contributed by atoms with Crippen LogP contribution >= 0.6 is 23.1 Å². The van der Waals surface area contributed by atoms with Gasteiger partial charge in [0.2, 0.25) is 5.91 Å². The van der Waals surface area contributed by atoms with Crippen molar-refractivity contribution in [1.82, 2.24) is 25.4 Å². The number of hydrogen-bond acceptors (Lipinski definition) is 6. The van der Waals surface area contributed by atoms with Gasteiger partial charge in [-0.15, -0.1) is 21.5 Å². The van der Waals surface area contributed by atoms with Crippen molar-refractivity contribution in [3.63, 3.8) is 0 Å². The Morgan fingerprint density at radius 1 is 1.21 bits per heavy atom. The number of aromatic nitrogens is 3. The van der Waals surface area contributed by atoms with Crippen molar-refractivity contribution in [2.45, 2.75) is 74.4 Å². The second-order valence-electron chi connectivity index (χ2n) is 7.44. The Labute approximate surface area is 172 Å². The average Bonchev–Trinajstić information content (AvgIpc) is 3.21. The van der Waals surface area contributed by atoms with Crippen LogP contribution in [0.15, 0.2) is 22.7 Å². The molecule has 0 aliphatic heterocycles. The molecule has 28 heavy (non-hydrogen) atoms. The summed E-state index contributed by atoms with van der Waals surface area (Å²) in [6, 6.07) is 4.22. The highest BCUT2D eigenvalue weighted by molar-refractivity contribution is 8.00. The van der Waals surface area contributed by atoms with Crippen LogP contribution in [0.5, 0.6) is 0 Å². The molecule has 2 aliphatic rings. The van der Waals surface area contributed by atoms with Gasteiger partial charge in [-0.1, -0.05) is 37.1 Å². The summed E-state index contributed by atoms with van der Waals surface area (Å²) in [6.07, 6.45) is 7.68. The summed E-state index contributed by atoms with van der Waals surface area (Å²) in [5.74, 6) is 0.559. The minimum Gasteiger partial charge on any atom is -0.335 e. The summed E-state index contributed by atoms with van der Waals surface area (Å²) in [4.78, 5) is 25.7.